The Morgan fingerprint density at radius 3 is 2.39 bits per heavy atom. The average Bonchev–Trinajstić information content (AvgIpc) is 2.56. The molecule has 1 aliphatic rings. The number of nitrogens with one attached hydrogen (secondary N) is 3. The molecule has 2 heterocycles. The van der Waals surface area contributed by atoms with Crippen LogP contribution in [-0.4, -0.2) is 49.6 Å². The van der Waals surface area contributed by atoms with E-state index in [1.807, 2.05) is 4.72 Å². The van der Waals surface area contributed by atoms with Crippen LogP contribution in [0.2, 0.25) is 0 Å². The molecular formula is C17H19N5O5S. The summed E-state index contributed by atoms with van der Waals surface area (Å²) in [6.07, 6.45) is -0.304. The summed E-state index contributed by atoms with van der Waals surface area (Å²) in [5.41, 5.74) is 1.07. The second kappa shape index (κ2) is 7.90. The van der Waals surface area contributed by atoms with Crippen molar-refractivity contribution in [1.82, 2.24) is 20.0 Å². The van der Waals surface area contributed by atoms with E-state index in [4.69, 9.17) is 4.74 Å². The van der Waals surface area contributed by atoms with Gasteiger partial charge in [-0.1, -0.05) is 12.1 Å². The topological polar surface area (TPSA) is 139 Å². The molecule has 1 fully saturated rings. The summed E-state index contributed by atoms with van der Waals surface area (Å²) in [5.74, 6) is -0.805. The first-order chi connectivity index (χ1) is 13.2. The van der Waals surface area contributed by atoms with Gasteiger partial charge in [0, 0.05) is 24.5 Å². The van der Waals surface area contributed by atoms with Crippen LogP contribution in [-0.2, 0) is 14.8 Å². The monoisotopic (exact) mass is 405 g/mol. The van der Waals surface area contributed by atoms with Gasteiger partial charge in [0.2, 0.25) is 5.95 Å². The molecular weight excluding hydrogens is 386 g/mol. The van der Waals surface area contributed by atoms with E-state index in [0.29, 0.717) is 24.5 Å². The Hall–Kier alpha value is -3.05. The van der Waals surface area contributed by atoms with Gasteiger partial charge in [0.15, 0.2) is 0 Å². The van der Waals surface area contributed by atoms with Gasteiger partial charge in [0.05, 0.1) is 5.56 Å². The Morgan fingerprint density at radius 2 is 1.79 bits per heavy atom. The number of carbonyl (C=O) groups is 2. The first-order valence-corrected chi connectivity index (χ1v) is 9.90. The molecule has 10 nitrogen and oxygen atoms in total. The zero-order valence-electron chi connectivity index (χ0n) is 15.2. The van der Waals surface area contributed by atoms with E-state index >= 15 is 0 Å². The number of aromatic nitrogens is 2. The van der Waals surface area contributed by atoms with Gasteiger partial charge in [-0.3, -0.25) is 5.32 Å². The van der Waals surface area contributed by atoms with Crippen LogP contribution >= 0.6 is 0 Å². The van der Waals surface area contributed by atoms with Crippen LogP contribution in [0.4, 0.5) is 10.7 Å². The number of hydrogen-bond donors (Lipinski definition) is 3. The van der Waals surface area contributed by atoms with Crippen molar-refractivity contribution in [3.63, 3.8) is 0 Å². The van der Waals surface area contributed by atoms with Gasteiger partial charge in [-0.05, 0) is 32.0 Å². The zero-order valence-corrected chi connectivity index (χ0v) is 16.0. The fourth-order valence-corrected chi connectivity index (χ4v) is 3.62. The second-order valence-electron chi connectivity index (χ2n) is 6.22. The van der Waals surface area contributed by atoms with Gasteiger partial charge in [0.1, 0.15) is 11.0 Å². The summed E-state index contributed by atoms with van der Waals surface area (Å²) in [5, 5.41) is 5.22. The molecule has 2 amide bonds. The van der Waals surface area contributed by atoms with Gasteiger partial charge < -0.3 is 10.1 Å². The normalized spacial score (nSPS) is 14.1. The van der Waals surface area contributed by atoms with Crippen molar-refractivity contribution in [3.8, 4) is 0 Å². The number of sulfonamides is 1. The van der Waals surface area contributed by atoms with E-state index in [1.165, 1.54) is 24.3 Å². The van der Waals surface area contributed by atoms with E-state index in [9.17, 15) is 18.0 Å². The molecule has 3 rings (SSSR count). The predicted molar refractivity (Wildman–Crippen MR) is 99.4 cm³/mol. The molecule has 3 N–H and O–H groups in total. The number of anilines is 1. The molecule has 148 valence electrons. The van der Waals surface area contributed by atoms with Gasteiger partial charge in [0.25, 0.3) is 10.0 Å². The standard InChI is InChI=1S/C17H19N5O5S/c1-10-7-11(2)20-16(19-10)21-17(24)22-28(25,26)14-6-4-3-5-13(14)15(23)27-12-8-18-9-12/h3-7,12,18H,8-9H2,1-2H3,(H2,19,20,21,22,24). The van der Waals surface area contributed by atoms with Gasteiger partial charge in [-0.25, -0.2) is 32.7 Å². The molecule has 0 saturated carbocycles. The molecule has 0 atom stereocenters. The van der Waals surface area contributed by atoms with Crippen LogP contribution in [0.3, 0.4) is 0 Å². The number of hydrogen-bond acceptors (Lipinski definition) is 8. The highest BCUT2D eigenvalue weighted by atomic mass is 32.2. The number of nitrogens with zero attached hydrogens (tertiary/aromatic N) is 2. The highest BCUT2D eigenvalue weighted by molar-refractivity contribution is 7.90. The van der Waals surface area contributed by atoms with Crippen LogP contribution in [0.5, 0.6) is 0 Å². The number of carbonyl (C=O) groups excluding carboxylic acids is 2. The SMILES string of the molecule is Cc1cc(C)nc(NC(=O)NS(=O)(=O)c2ccccc2C(=O)OC2CNC2)n1. The third-order valence-corrected chi connectivity index (χ3v) is 5.24. The molecule has 0 bridgehead atoms. The summed E-state index contributed by atoms with van der Waals surface area (Å²) >= 11 is 0. The number of aryl methyl sites for hydroxylation is 2. The minimum Gasteiger partial charge on any atom is -0.456 e. The van der Waals surface area contributed by atoms with E-state index in [2.05, 4.69) is 20.6 Å². The number of urea groups is 1. The molecule has 0 spiro atoms. The molecule has 1 aromatic heterocycles. The highest BCUT2D eigenvalue weighted by Crippen LogP contribution is 2.18. The Morgan fingerprint density at radius 1 is 1.14 bits per heavy atom. The van der Waals surface area contributed by atoms with Crippen LogP contribution in [0.15, 0.2) is 35.2 Å². The van der Waals surface area contributed by atoms with Crippen molar-refractivity contribution in [2.75, 3.05) is 18.4 Å². The first kappa shape index (κ1) is 19.7. The molecule has 2 aromatic rings. The molecule has 0 radical (unpaired) electrons. The fourth-order valence-electron chi connectivity index (χ4n) is 2.52. The second-order valence-corrected chi connectivity index (χ2v) is 7.87. The van der Waals surface area contributed by atoms with Crippen LogP contribution in [0.1, 0.15) is 21.7 Å². The molecule has 1 aliphatic heterocycles. The number of esters is 1. The maximum absolute atomic E-state index is 12.6. The smallest absolute Gasteiger partial charge is 0.339 e. The summed E-state index contributed by atoms with van der Waals surface area (Å²) in [7, 11) is -4.33. The molecule has 0 unspecified atom stereocenters. The number of benzene rings is 1. The molecule has 11 heteroatoms. The van der Waals surface area contributed by atoms with Crippen LogP contribution in [0, 0.1) is 13.8 Å². The van der Waals surface area contributed by atoms with E-state index in [0.717, 1.165) is 0 Å². The van der Waals surface area contributed by atoms with Crippen molar-refractivity contribution in [2.24, 2.45) is 0 Å². The Kier molecular flexibility index (Phi) is 5.56. The van der Waals surface area contributed by atoms with Gasteiger partial charge in [-0.2, -0.15) is 0 Å². The third-order valence-electron chi connectivity index (χ3n) is 3.85. The lowest BCUT2D eigenvalue weighted by Crippen LogP contribution is -2.49. The van der Waals surface area contributed by atoms with Crippen molar-refractivity contribution >= 4 is 28.0 Å². The lowest BCUT2D eigenvalue weighted by Gasteiger charge is -2.26. The van der Waals surface area contributed by atoms with Crippen molar-refractivity contribution in [1.29, 1.82) is 0 Å². The molecule has 1 saturated heterocycles. The number of ether oxygens (including phenoxy) is 1. The Labute approximate surface area is 161 Å². The Balaban J connectivity index is 1.76. The van der Waals surface area contributed by atoms with E-state index in [-0.39, 0.29) is 22.5 Å². The predicted octanol–water partition coefficient (Wildman–Crippen LogP) is 0.732. The maximum atomic E-state index is 12.6. The fraction of sp³-hybridized carbons (Fsp3) is 0.294. The summed E-state index contributed by atoms with van der Waals surface area (Å²) < 4.78 is 32.3. The van der Waals surface area contributed by atoms with Gasteiger partial charge in [-0.15, -0.1) is 0 Å². The summed E-state index contributed by atoms with van der Waals surface area (Å²) in [6, 6.07) is 6.17. The number of amides is 2. The largest absolute Gasteiger partial charge is 0.456 e. The minimum absolute atomic E-state index is 0.0321. The third kappa shape index (κ3) is 4.61. The van der Waals surface area contributed by atoms with Crippen molar-refractivity contribution in [2.45, 2.75) is 24.8 Å². The molecule has 0 aliphatic carbocycles. The molecule has 28 heavy (non-hydrogen) atoms. The lowest BCUT2D eigenvalue weighted by molar-refractivity contribution is 0.0165. The van der Waals surface area contributed by atoms with Crippen molar-refractivity contribution in [3.05, 3.63) is 47.3 Å². The van der Waals surface area contributed by atoms with E-state index in [1.54, 1.807) is 19.9 Å². The molecule has 1 aromatic carbocycles. The van der Waals surface area contributed by atoms with Crippen molar-refractivity contribution < 1.29 is 22.7 Å². The van der Waals surface area contributed by atoms with Gasteiger partial charge >= 0.3 is 12.0 Å². The van der Waals surface area contributed by atoms with E-state index < -0.39 is 22.0 Å². The first-order valence-electron chi connectivity index (χ1n) is 8.41. The highest BCUT2D eigenvalue weighted by Gasteiger charge is 2.28. The Bertz CT molecular complexity index is 1000. The average molecular weight is 405 g/mol. The summed E-state index contributed by atoms with van der Waals surface area (Å²) in [6.45, 7) is 4.45. The van der Waals surface area contributed by atoms with Crippen LogP contribution < -0.4 is 15.4 Å². The lowest BCUT2D eigenvalue weighted by atomic mass is 10.2. The minimum atomic E-state index is -4.33. The number of rotatable bonds is 5. The zero-order chi connectivity index (χ0) is 20.3. The van der Waals surface area contributed by atoms with Crippen LogP contribution in [0.25, 0.3) is 0 Å². The maximum Gasteiger partial charge on any atom is 0.339 e. The quantitative estimate of drug-likeness (QED) is 0.619. The summed E-state index contributed by atoms with van der Waals surface area (Å²) in [4.78, 5) is 32.1.